The van der Waals surface area contributed by atoms with Crippen LogP contribution in [0.15, 0.2) is 12.2 Å². The molecule has 80 valence electrons. The van der Waals surface area contributed by atoms with E-state index >= 15 is 0 Å². The molecule has 1 fully saturated rings. The van der Waals surface area contributed by atoms with E-state index in [-0.39, 0.29) is 12.1 Å². The molecule has 2 N–H and O–H groups in total. The first-order valence-corrected chi connectivity index (χ1v) is 5.20. The highest BCUT2D eigenvalue weighted by atomic mass is 16.5. The van der Waals surface area contributed by atoms with Gasteiger partial charge in [0, 0.05) is 5.57 Å². The molecule has 3 heteroatoms. The van der Waals surface area contributed by atoms with E-state index in [1.165, 1.54) is 0 Å². The molecular formula is C11H19NO2. The Morgan fingerprint density at radius 2 is 2.00 bits per heavy atom. The van der Waals surface area contributed by atoms with Gasteiger partial charge >= 0.3 is 5.97 Å². The van der Waals surface area contributed by atoms with Gasteiger partial charge < -0.3 is 10.5 Å². The summed E-state index contributed by atoms with van der Waals surface area (Å²) in [6.07, 6.45) is 4.12. The first kappa shape index (κ1) is 11.2. The van der Waals surface area contributed by atoms with Gasteiger partial charge in [-0.3, -0.25) is 0 Å². The lowest BCUT2D eigenvalue weighted by Gasteiger charge is -2.27. The second-order valence-electron chi connectivity index (χ2n) is 4.06. The average molecular weight is 197 g/mol. The molecule has 0 saturated heterocycles. The minimum Gasteiger partial charge on any atom is -0.459 e. The van der Waals surface area contributed by atoms with E-state index in [0.29, 0.717) is 11.5 Å². The molecule has 3 nitrogen and oxygen atoms in total. The van der Waals surface area contributed by atoms with Gasteiger partial charge in [0.1, 0.15) is 6.10 Å². The van der Waals surface area contributed by atoms with E-state index in [1.54, 1.807) is 6.92 Å². The van der Waals surface area contributed by atoms with Crippen molar-refractivity contribution < 1.29 is 9.53 Å². The maximum absolute atomic E-state index is 11.2. The van der Waals surface area contributed by atoms with Crippen LogP contribution < -0.4 is 5.73 Å². The highest BCUT2D eigenvalue weighted by Gasteiger charge is 2.22. The number of ether oxygens (including phenoxy) is 1. The van der Waals surface area contributed by atoms with Gasteiger partial charge in [-0.2, -0.15) is 0 Å². The third-order valence-electron chi connectivity index (χ3n) is 2.75. The van der Waals surface area contributed by atoms with Crippen LogP contribution in [0.2, 0.25) is 0 Å². The van der Waals surface area contributed by atoms with Gasteiger partial charge in [-0.25, -0.2) is 4.79 Å². The Morgan fingerprint density at radius 3 is 2.43 bits per heavy atom. The second-order valence-corrected chi connectivity index (χ2v) is 4.06. The molecule has 0 atom stereocenters. The predicted molar refractivity (Wildman–Crippen MR) is 55.7 cm³/mol. The highest BCUT2D eigenvalue weighted by Crippen LogP contribution is 2.25. The van der Waals surface area contributed by atoms with Crippen molar-refractivity contribution in [1.29, 1.82) is 0 Å². The van der Waals surface area contributed by atoms with Crippen LogP contribution in [0.1, 0.15) is 32.6 Å². The molecule has 1 aliphatic carbocycles. The molecule has 0 aromatic rings. The fourth-order valence-electron chi connectivity index (χ4n) is 1.74. The lowest BCUT2D eigenvalue weighted by molar-refractivity contribution is -0.146. The number of carbonyl (C=O) groups excluding carboxylic acids is 1. The summed E-state index contributed by atoms with van der Waals surface area (Å²) < 4.78 is 5.27. The Balaban J connectivity index is 2.29. The number of hydrogen-bond donors (Lipinski definition) is 1. The highest BCUT2D eigenvalue weighted by molar-refractivity contribution is 5.87. The molecule has 0 aromatic carbocycles. The van der Waals surface area contributed by atoms with Gasteiger partial charge in [0.2, 0.25) is 0 Å². The minimum absolute atomic E-state index is 0.0852. The first-order valence-electron chi connectivity index (χ1n) is 5.20. The molecule has 0 heterocycles. The molecule has 0 aliphatic heterocycles. The van der Waals surface area contributed by atoms with Crippen LogP contribution in [-0.4, -0.2) is 18.6 Å². The summed E-state index contributed by atoms with van der Waals surface area (Å²) >= 11 is 0. The quantitative estimate of drug-likeness (QED) is 0.552. The third-order valence-corrected chi connectivity index (χ3v) is 2.75. The zero-order valence-electron chi connectivity index (χ0n) is 8.79. The van der Waals surface area contributed by atoms with E-state index in [2.05, 4.69) is 6.58 Å². The number of hydrogen-bond acceptors (Lipinski definition) is 3. The molecule has 0 spiro atoms. The van der Waals surface area contributed by atoms with Crippen LogP contribution in [0.25, 0.3) is 0 Å². The van der Waals surface area contributed by atoms with E-state index in [9.17, 15) is 4.79 Å². The SMILES string of the molecule is C=C(C)C(=O)OC1CCC(CN)CC1. The molecule has 1 saturated carbocycles. The van der Waals surface area contributed by atoms with Crippen molar-refractivity contribution in [3.8, 4) is 0 Å². The largest absolute Gasteiger partial charge is 0.459 e. The Kier molecular flexibility index (Phi) is 4.14. The normalized spacial score (nSPS) is 27.0. The van der Waals surface area contributed by atoms with Crippen molar-refractivity contribution in [1.82, 2.24) is 0 Å². The first-order chi connectivity index (χ1) is 6.63. The lowest BCUT2D eigenvalue weighted by Crippen LogP contribution is -2.27. The molecule has 0 radical (unpaired) electrons. The van der Waals surface area contributed by atoms with E-state index in [1.807, 2.05) is 0 Å². The van der Waals surface area contributed by atoms with Crippen LogP contribution >= 0.6 is 0 Å². The summed E-state index contributed by atoms with van der Waals surface area (Å²) in [4.78, 5) is 11.2. The molecule has 0 amide bonds. The van der Waals surface area contributed by atoms with E-state index in [4.69, 9.17) is 10.5 Å². The van der Waals surface area contributed by atoms with Crippen LogP contribution in [-0.2, 0) is 9.53 Å². The zero-order chi connectivity index (χ0) is 10.6. The molecule has 0 unspecified atom stereocenters. The average Bonchev–Trinajstić information content (AvgIpc) is 2.19. The molecule has 0 bridgehead atoms. The number of carbonyl (C=O) groups is 1. The maximum Gasteiger partial charge on any atom is 0.333 e. The number of esters is 1. The molecule has 14 heavy (non-hydrogen) atoms. The van der Waals surface area contributed by atoms with Crippen molar-refractivity contribution in [2.45, 2.75) is 38.7 Å². The molecule has 0 aromatic heterocycles. The van der Waals surface area contributed by atoms with Crippen molar-refractivity contribution in [3.05, 3.63) is 12.2 Å². The van der Waals surface area contributed by atoms with Crippen molar-refractivity contribution in [2.75, 3.05) is 6.54 Å². The van der Waals surface area contributed by atoms with Gasteiger partial charge in [-0.15, -0.1) is 0 Å². The summed E-state index contributed by atoms with van der Waals surface area (Å²) in [6, 6.07) is 0. The standard InChI is InChI=1S/C11H19NO2/c1-8(2)11(13)14-10-5-3-9(7-12)4-6-10/h9-10H,1,3-7,12H2,2H3. The van der Waals surface area contributed by atoms with Gasteiger partial charge in [0.15, 0.2) is 0 Å². The predicted octanol–water partition coefficient (Wildman–Crippen LogP) is 1.62. The lowest BCUT2D eigenvalue weighted by atomic mass is 9.87. The summed E-state index contributed by atoms with van der Waals surface area (Å²) in [6.45, 7) is 5.98. The van der Waals surface area contributed by atoms with Crippen molar-refractivity contribution in [3.63, 3.8) is 0 Å². The Bertz CT molecular complexity index is 217. The van der Waals surface area contributed by atoms with Crippen LogP contribution in [0.4, 0.5) is 0 Å². The maximum atomic E-state index is 11.2. The fourth-order valence-corrected chi connectivity index (χ4v) is 1.74. The summed E-state index contributed by atoms with van der Waals surface area (Å²) in [5.41, 5.74) is 6.05. The Hall–Kier alpha value is -0.830. The van der Waals surface area contributed by atoms with Gasteiger partial charge in [-0.05, 0) is 45.1 Å². The Labute approximate surface area is 85.3 Å². The van der Waals surface area contributed by atoms with Gasteiger partial charge in [-0.1, -0.05) is 6.58 Å². The molecule has 1 rings (SSSR count). The van der Waals surface area contributed by atoms with E-state index in [0.717, 1.165) is 32.2 Å². The molecular weight excluding hydrogens is 178 g/mol. The summed E-state index contributed by atoms with van der Waals surface area (Å²) in [5, 5.41) is 0. The third kappa shape index (κ3) is 3.14. The smallest absolute Gasteiger partial charge is 0.333 e. The van der Waals surface area contributed by atoms with E-state index < -0.39 is 0 Å². The second kappa shape index (κ2) is 5.15. The summed E-state index contributed by atoms with van der Waals surface area (Å²) in [7, 11) is 0. The monoisotopic (exact) mass is 197 g/mol. The van der Waals surface area contributed by atoms with Gasteiger partial charge in [0.05, 0.1) is 0 Å². The number of rotatable bonds is 3. The summed E-state index contributed by atoms with van der Waals surface area (Å²) in [5.74, 6) is 0.357. The van der Waals surface area contributed by atoms with Crippen molar-refractivity contribution in [2.24, 2.45) is 11.7 Å². The van der Waals surface area contributed by atoms with Crippen LogP contribution in [0.3, 0.4) is 0 Å². The van der Waals surface area contributed by atoms with Gasteiger partial charge in [0.25, 0.3) is 0 Å². The number of nitrogens with two attached hydrogens (primary N) is 1. The van der Waals surface area contributed by atoms with Crippen LogP contribution in [0, 0.1) is 5.92 Å². The zero-order valence-corrected chi connectivity index (χ0v) is 8.79. The topological polar surface area (TPSA) is 52.3 Å². The fraction of sp³-hybridized carbons (Fsp3) is 0.727. The minimum atomic E-state index is -0.263. The Morgan fingerprint density at radius 1 is 1.43 bits per heavy atom. The van der Waals surface area contributed by atoms with Crippen LogP contribution in [0.5, 0.6) is 0 Å². The molecule has 1 aliphatic rings. The van der Waals surface area contributed by atoms with Crippen molar-refractivity contribution >= 4 is 5.97 Å².